The molecule has 1 aliphatic heterocycles. The number of piperidine rings is 1. The van der Waals surface area contributed by atoms with Gasteiger partial charge in [0.1, 0.15) is 0 Å². The van der Waals surface area contributed by atoms with Crippen molar-refractivity contribution in [2.45, 2.75) is 148 Å². The van der Waals surface area contributed by atoms with Crippen LogP contribution in [0.15, 0.2) is 0 Å². The smallest absolute Gasteiger partial charge is 0.232 e. The zero-order chi connectivity index (χ0) is 27.4. The zero-order valence-corrected chi connectivity index (χ0v) is 25.7. The van der Waals surface area contributed by atoms with E-state index < -0.39 is 0 Å². The van der Waals surface area contributed by atoms with E-state index in [0.29, 0.717) is 48.1 Å². The minimum atomic E-state index is 0.0746. The van der Waals surface area contributed by atoms with Crippen LogP contribution in [0.4, 0.5) is 0 Å². The van der Waals surface area contributed by atoms with Crippen molar-refractivity contribution in [3.05, 3.63) is 0 Å². The molecular weight excluding hydrogens is 502 g/mol. The summed E-state index contributed by atoms with van der Waals surface area (Å²) < 4.78 is 0. The molecule has 0 aromatic carbocycles. The van der Waals surface area contributed by atoms with Crippen molar-refractivity contribution in [2.75, 3.05) is 7.05 Å². The van der Waals surface area contributed by atoms with Gasteiger partial charge < -0.3 is 10.2 Å². The molecule has 7 atom stereocenters. The van der Waals surface area contributed by atoms with Gasteiger partial charge in [0.2, 0.25) is 11.8 Å². The molecule has 2 amide bonds. The van der Waals surface area contributed by atoms with E-state index in [1.165, 1.54) is 70.6 Å². The third-order valence-corrected chi connectivity index (χ3v) is 13.5. The van der Waals surface area contributed by atoms with Crippen LogP contribution in [0.3, 0.4) is 0 Å². The second-order valence-corrected chi connectivity index (χ2v) is 15.3. The normalized spacial score (nSPS) is 41.4. The van der Waals surface area contributed by atoms with E-state index in [-0.39, 0.29) is 22.8 Å². The molecule has 5 nitrogen and oxygen atoms in total. The summed E-state index contributed by atoms with van der Waals surface area (Å²) in [6, 6.07) is 1.11. The van der Waals surface area contributed by atoms with Gasteiger partial charge >= 0.3 is 0 Å². The monoisotopic (exact) mass is 555 g/mol. The number of rotatable bonds is 3. The van der Waals surface area contributed by atoms with Gasteiger partial charge in [-0.25, -0.2) is 0 Å². The van der Waals surface area contributed by atoms with E-state index in [0.717, 1.165) is 43.6 Å². The van der Waals surface area contributed by atoms with Gasteiger partial charge in [0.05, 0.1) is 0 Å². The number of nitrogens with zero attached hydrogens (tertiary/aromatic N) is 2. The number of likely N-dealkylation sites (tertiary alicyclic amines) is 1. The minimum absolute atomic E-state index is 0.0746. The molecule has 218 valence electrons. The molecule has 0 spiro atoms. The summed E-state index contributed by atoms with van der Waals surface area (Å²) >= 11 is 6.09. The molecule has 0 bridgehead atoms. The van der Waals surface area contributed by atoms with Gasteiger partial charge in [0, 0.05) is 37.5 Å². The molecule has 6 heteroatoms. The molecule has 6 rings (SSSR count). The van der Waals surface area contributed by atoms with Crippen molar-refractivity contribution in [3.63, 3.8) is 0 Å². The van der Waals surface area contributed by atoms with E-state index in [9.17, 15) is 9.59 Å². The molecule has 1 N–H and O–H groups in total. The Bertz CT molecular complexity index is 959. The summed E-state index contributed by atoms with van der Waals surface area (Å²) in [4.78, 5) is 31.4. The van der Waals surface area contributed by atoms with Crippen LogP contribution in [0.1, 0.15) is 129 Å². The predicted molar refractivity (Wildman–Crippen MR) is 160 cm³/mol. The van der Waals surface area contributed by atoms with Gasteiger partial charge in [-0.15, -0.1) is 0 Å². The molecule has 0 aromatic rings. The lowest BCUT2D eigenvalue weighted by atomic mass is 9.47. The Balaban J connectivity index is 1.22. The summed E-state index contributed by atoms with van der Waals surface area (Å²) in [6.45, 7) is 4.98. The summed E-state index contributed by atoms with van der Waals surface area (Å²) in [6.07, 6.45) is 20.8. The number of carbonyl (C=O) groups excluding carboxylic acids is 2. The van der Waals surface area contributed by atoms with E-state index in [1.54, 1.807) is 0 Å². The van der Waals surface area contributed by atoms with Crippen molar-refractivity contribution < 1.29 is 9.59 Å². The first-order valence-corrected chi connectivity index (χ1v) is 17.0. The molecule has 6 fully saturated rings. The minimum Gasteiger partial charge on any atom is -0.359 e. The maximum atomic E-state index is 14.7. The molecular formula is C33H53N3O2S. The van der Waals surface area contributed by atoms with E-state index in [2.05, 4.69) is 29.0 Å². The predicted octanol–water partition coefficient (Wildman–Crippen LogP) is 6.83. The number of nitrogens with one attached hydrogen (secondary N) is 1. The number of amides is 2. The molecule has 1 saturated heterocycles. The molecule has 39 heavy (non-hydrogen) atoms. The van der Waals surface area contributed by atoms with Gasteiger partial charge in [0.15, 0.2) is 5.11 Å². The number of carbonyl (C=O) groups is 2. The Kier molecular flexibility index (Phi) is 7.83. The first-order valence-electron chi connectivity index (χ1n) is 16.6. The second kappa shape index (κ2) is 10.9. The van der Waals surface area contributed by atoms with Gasteiger partial charge in [-0.1, -0.05) is 52.4 Å². The summed E-state index contributed by atoms with van der Waals surface area (Å²) in [5, 5.41) is 4.44. The quantitative estimate of drug-likeness (QED) is 0.388. The SMILES string of the molecule is CN1C(=O)CC[C@]2(C)[C@H]3CC[C@]4(C)[C@@H](C(=O)N(C(=S)NC5CCCCC5)C5CCCCC5)CC[C@H]4[C@@H]3CC[C@@H]12. The van der Waals surface area contributed by atoms with Gasteiger partial charge in [-0.2, -0.15) is 0 Å². The van der Waals surface area contributed by atoms with Gasteiger partial charge in [-0.3, -0.25) is 14.5 Å². The number of hydrogen-bond acceptors (Lipinski definition) is 3. The molecule has 5 aliphatic carbocycles. The highest BCUT2D eigenvalue weighted by molar-refractivity contribution is 7.80. The van der Waals surface area contributed by atoms with Crippen LogP contribution < -0.4 is 5.32 Å². The van der Waals surface area contributed by atoms with Crippen molar-refractivity contribution in [3.8, 4) is 0 Å². The standard InChI is InChI=1S/C33H53N3O2S/c1-32-20-18-26-24(14-17-28-33(26,2)21-19-29(37)35(28)3)25(32)15-16-27(32)30(38)36(23-12-8-5-9-13-23)31(39)34-22-10-6-4-7-11-22/h22-28H,4-21H2,1-3H3,(H,34,39)/t24-,25-,26-,27+,28+,32-,33+/m0/s1. The molecule has 1 heterocycles. The largest absolute Gasteiger partial charge is 0.359 e. The summed E-state index contributed by atoms with van der Waals surface area (Å²) in [7, 11) is 2.05. The van der Waals surface area contributed by atoms with E-state index in [1.807, 2.05) is 7.05 Å². The highest BCUT2D eigenvalue weighted by Crippen LogP contribution is 2.66. The average Bonchev–Trinajstić information content (AvgIpc) is 3.29. The van der Waals surface area contributed by atoms with Gasteiger partial charge in [-0.05, 0) is 111 Å². The summed E-state index contributed by atoms with van der Waals surface area (Å²) in [5.41, 5.74) is 0.305. The third kappa shape index (κ3) is 4.77. The highest BCUT2D eigenvalue weighted by Gasteiger charge is 2.62. The van der Waals surface area contributed by atoms with Crippen molar-refractivity contribution >= 4 is 29.1 Å². The number of thiocarbonyl (C=S) groups is 1. The second-order valence-electron chi connectivity index (χ2n) is 14.9. The number of hydrogen-bond donors (Lipinski definition) is 1. The number of fused-ring (bicyclic) bond motifs is 5. The topological polar surface area (TPSA) is 52.7 Å². The molecule has 0 unspecified atom stereocenters. The lowest BCUT2D eigenvalue weighted by molar-refractivity contribution is -0.161. The van der Waals surface area contributed by atoms with Crippen LogP contribution in [-0.2, 0) is 9.59 Å². The van der Waals surface area contributed by atoms with Crippen LogP contribution >= 0.6 is 12.2 Å². The van der Waals surface area contributed by atoms with Crippen molar-refractivity contribution in [1.29, 1.82) is 0 Å². The maximum absolute atomic E-state index is 14.7. The Morgan fingerprint density at radius 1 is 0.846 bits per heavy atom. The van der Waals surface area contributed by atoms with E-state index in [4.69, 9.17) is 12.2 Å². The van der Waals surface area contributed by atoms with Gasteiger partial charge in [0.25, 0.3) is 0 Å². The van der Waals surface area contributed by atoms with Crippen LogP contribution in [-0.4, -0.2) is 51.9 Å². The fourth-order valence-electron chi connectivity index (χ4n) is 11.0. The summed E-state index contributed by atoms with van der Waals surface area (Å²) in [5.74, 6) is 2.78. The fourth-order valence-corrected chi connectivity index (χ4v) is 11.4. The average molecular weight is 556 g/mol. The van der Waals surface area contributed by atoms with Crippen LogP contribution in [0.25, 0.3) is 0 Å². The Morgan fingerprint density at radius 2 is 1.51 bits per heavy atom. The Labute approximate surface area is 242 Å². The highest BCUT2D eigenvalue weighted by atomic mass is 32.1. The molecule has 0 aromatic heterocycles. The van der Waals surface area contributed by atoms with E-state index >= 15 is 0 Å². The fraction of sp³-hybridized carbons (Fsp3) is 0.909. The third-order valence-electron chi connectivity index (χ3n) is 13.2. The Morgan fingerprint density at radius 3 is 2.23 bits per heavy atom. The van der Waals surface area contributed by atoms with Crippen molar-refractivity contribution in [2.24, 2.45) is 34.5 Å². The first kappa shape index (κ1) is 28.0. The van der Waals surface area contributed by atoms with Crippen LogP contribution in [0.5, 0.6) is 0 Å². The van der Waals surface area contributed by atoms with Crippen molar-refractivity contribution in [1.82, 2.24) is 15.1 Å². The molecule has 6 aliphatic rings. The molecule has 5 saturated carbocycles. The zero-order valence-electron chi connectivity index (χ0n) is 24.9. The lowest BCUT2D eigenvalue weighted by Gasteiger charge is -2.61. The Hall–Kier alpha value is -1.17. The van der Waals surface area contributed by atoms with Crippen LogP contribution in [0, 0.1) is 34.5 Å². The molecule has 0 radical (unpaired) electrons. The first-order chi connectivity index (χ1) is 18.7. The maximum Gasteiger partial charge on any atom is 0.232 e. The lowest BCUT2D eigenvalue weighted by Crippen LogP contribution is -2.62. The van der Waals surface area contributed by atoms with Crippen LogP contribution in [0.2, 0.25) is 0 Å².